The summed E-state index contributed by atoms with van der Waals surface area (Å²) in [4.78, 5) is 2.19. The van der Waals surface area contributed by atoms with Crippen molar-refractivity contribution in [2.45, 2.75) is 19.6 Å². The smallest absolute Gasteiger partial charge is 0.208 e. The molecule has 0 aliphatic carbocycles. The zero-order valence-corrected chi connectivity index (χ0v) is 23.9. The molecule has 0 N–H and O–H groups in total. The van der Waals surface area contributed by atoms with Gasteiger partial charge in [0.2, 0.25) is 9.84 Å². The second-order valence-electron chi connectivity index (χ2n) is 10.6. The first-order chi connectivity index (χ1) is 20.6. The fourth-order valence-electron chi connectivity index (χ4n) is 6.51. The lowest BCUT2D eigenvalue weighted by molar-refractivity contribution is 0.591. The lowest BCUT2D eigenvalue weighted by Gasteiger charge is -2.21. The van der Waals surface area contributed by atoms with Crippen molar-refractivity contribution in [3.8, 4) is 11.4 Å². The highest BCUT2D eigenvalue weighted by molar-refractivity contribution is 8.02. The Hall–Kier alpha value is -4.78. The standard InChI is InChI=1S/C36H22N2O2S2/c39-42(40)35-19-17-23(37-29-13-5-1-9-25(29)26-10-2-6-14-30(26)37)21-33(35)41-34-22-24(18-20-36(34)42)38-31-15-7-3-11-27(31)28-12-4-8-16-32(28)38/h1-22H. The fraction of sp³-hybridized carbons (Fsp3) is 0. The molecule has 8 aromatic rings. The van der Waals surface area contributed by atoms with Crippen LogP contribution in [0.25, 0.3) is 55.0 Å². The minimum atomic E-state index is -3.68. The summed E-state index contributed by atoms with van der Waals surface area (Å²) in [6.45, 7) is 0. The van der Waals surface area contributed by atoms with E-state index in [-0.39, 0.29) is 0 Å². The lowest BCUT2D eigenvalue weighted by atomic mass is 10.2. The van der Waals surface area contributed by atoms with Crippen LogP contribution in [0.3, 0.4) is 0 Å². The SMILES string of the molecule is O=S1(=O)c2ccc(-n3c4ccccc4c4ccccc43)cc2Sc2cc(-n3c4ccccc4c4ccccc43)ccc21. The minimum absolute atomic E-state index is 0.356. The van der Waals surface area contributed by atoms with Crippen LogP contribution in [0.4, 0.5) is 0 Å². The van der Waals surface area contributed by atoms with Gasteiger partial charge < -0.3 is 9.13 Å². The largest absolute Gasteiger partial charge is 0.309 e. The monoisotopic (exact) mass is 578 g/mol. The van der Waals surface area contributed by atoms with Gasteiger partial charge in [0.05, 0.1) is 31.9 Å². The van der Waals surface area contributed by atoms with Crippen molar-refractivity contribution in [1.29, 1.82) is 0 Å². The van der Waals surface area contributed by atoms with E-state index in [4.69, 9.17) is 0 Å². The fourth-order valence-corrected chi connectivity index (χ4v) is 9.73. The lowest BCUT2D eigenvalue weighted by Crippen LogP contribution is -2.10. The maximum Gasteiger partial charge on any atom is 0.208 e. The molecule has 6 heteroatoms. The summed E-state index contributed by atoms with van der Waals surface area (Å²) in [6, 6.07) is 44.8. The van der Waals surface area contributed by atoms with Crippen LogP contribution in [-0.2, 0) is 9.84 Å². The summed E-state index contributed by atoms with van der Waals surface area (Å²) < 4.78 is 32.3. The van der Waals surface area contributed by atoms with Gasteiger partial charge in [-0.25, -0.2) is 8.42 Å². The zero-order valence-electron chi connectivity index (χ0n) is 22.2. The number of rotatable bonds is 2. The summed E-state index contributed by atoms with van der Waals surface area (Å²) in [5.41, 5.74) is 6.26. The average molecular weight is 579 g/mol. The number of aromatic nitrogens is 2. The van der Waals surface area contributed by atoms with Gasteiger partial charge in [0.1, 0.15) is 0 Å². The highest BCUT2D eigenvalue weighted by Gasteiger charge is 2.31. The van der Waals surface area contributed by atoms with E-state index in [1.807, 2.05) is 48.5 Å². The summed E-state index contributed by atoms with van der Waals surface area (Å²) >= 11 is 1.52. The van der Waals surface area contributed by atoms with E-state index >= 15 is 0 Å². The molecule has 3 heterocycles. The highest BCUT2D eigenvalue weighted by Crippen LogP contribution is 2.47. The predicted molar refractivity (Wildman–Crippen MR) is 171 cm³/mol. The first-order valence-corrected chi connectivity index (χ1v) is 16.1. The van der Waals surface area contributed by atoms with E-state index in [2.05, 4.69) is 81.9 Å². The molecule has 1 aliphatic heterocycles. The molecule has 42 heavy (non-hydrogen) atoms. The Morgan fingerprint density at radius 1 is 0.429 bits per heavy atom. The minimum Gasteiger partial charge on any atom is -0.309 e. The van der Waals surface area contributed by atoms with Crippen LogP contribution in [0, 0.1) is 0 Å². The average Bonchev–Trinajstić information content (AvgIpc) is 3.54. The first kappa shape index (κ1) is 23.9. The van der Waals surface area contributed by atoms with Crippen LogP contribution in [0.15, 0.2) is 153 Å². The van der Waals surface area contributed by atoms with E-state index in [0.717, 1.165) is 43.2 Å². The maximum absolute atomic E-state index is 13.9. The molecule has 6 aromatic carbocycles. The van der Waals surface area contributed by atoms with Gasteiger partial charge >= 0.3 is 0 Å². The Bertz CT molecular complexity index is 2250. The molecule has 1 aliphatic rings. The molecule has 0 saturated carbocycles. The van der Waals surface area contributed by atoms with Gasteiger partial charge in [0.25, 0.3) is 0 Å². The van der Waals surface area contributed by atoms with Crippen LogP contribution < -0.4 is 0 Å². The molecule has 9 rings (SSSR count). The Balaban J connectivity index is 1.24. The first-order valence-electron chi connectivity index (χ1n) is 13.8. The summed E-state index contributed by atoms with van der Waals surface area (Å²) in [6.07, 6.45) is 0. The second kappa shape index (κ2) is 8.61. The second-order valence-corrected chi connectivity index (χ2v) is 13.6. The molecule has 0 atom stereocenters. The Morgan fingerprint density at radius 3 is 1.12 bits per heavy atom. The quantitative estimate of drug-likeness (QED) is 0.205. The molecule has 0 spiro atoms. The normalized spacial score (nSPS) is 14.0. The Kier molecular flexibility index (Phi) is 4.90. The van der Waals surface area contributed by atoms with Gasteiger partial charge in [-0.05, 0) is 60.7 Å². The molecular formula is C36H22N2O2S2. The van der Waals surface area contributed by atoms with Crippen LogP contribution in [0.5, 0.6) is 0 Å². The molecular weight excluding hydrogens is 557 g/mol. The van der Waals surface area contributed by atoms with Crippen molar-refractivity contribution >= 4 is 65.2 Å². The molecule has 0 fully saturated rings. The van der Waals surface area contributed by atoms with E-state index < -0.39 is 9.84 Å². The van der Waals surface area contributed by atoms with Crippen molar-refractivity contribution in [2.75, 3.05) is 0 Å². The van der Waals surface area contributed by atoms with E-state index in [9.17, 15) is 8.42 Å². The maximum atomic E-state index is 13.9. The molecule has 0 radical (unpaired) electrons. The van der Waals surface area contributed by atoms with Crippen molar-refractivity contribution in [3.05, 3.63) is 133 Å². The van der Waals surface area contributed by atoms with Crippen LogP contribution in [-0.4, -0.2) is 17.6 Å². The molecule has 2 aromatic heterocycles. The number of benzene rings is 6. The molecule has 0 unspecified atom stereocenters. The molecule has 200 valence electrons. The number of nitrogens with zero attached hydrogens (tertiary/aromatic N) is 2. The van der Waals surface area contributed by atoms with E-state index in [1.54, 1.807) is 12.1 Å². The predicted octanol–water partition coefficient (Wildman–Crippen LogP) is 9.18. The van der Waals surface area contributed by atoms with Crippen molar-refractivity contribution in [2.24, 2.45) is 0 Å². The summed E-state index contributed by atoms with van der Waals surface area (Å²) in [7, 11) is -3.68. The topological polar surface area (TPSA) is 44.0 Å². The van der Waals surface area contributed by atoms with Crippen LogP contribution in [0.2, 0.25) is 0 Å². The van der Waals surface area contributed by atoms with E-state index in [1.165, 1.54) is 33.3 Å². The molecule has 0 bridgehead atoms. The number of fused-ring (bicyclic) bond motifs is 8. The van der Waals surface area contributed by atoms with Gasteiger partial charge in [0, 0.05) is 42.7 Å². The third kappa shape index (κ3) is 3.22. The van der Waals surface area contributed by atoms with Crippen molar-refractivity contribution in [3.63, 3.8) is 0 Å². The zero-order chi connectivity index (χ0) is 28.0. The summed E-state index contributed by atoms with van der Waals surface area (Å²) in [5.74, 6) is 0. The Labute approximate surface area is 246 Å². The Morgan fingerprint density at radius 2 is 0.762 bits per heavy atom. The van der Waals surface area contributed by atoms with Gasteiger partial charge in [-0.2, -0.15) is 0 Å². The van der Waals surface area contributed by atoms with Crippen molar-refractivity contribution < 1.29 is 8.42 Å². The van der Waals surface area contributed by atoms with Gasteiger partial charge in [-0.3, -0.25) is 0 Å². The van der Waals surface area contributed by atoms with Gasteiger partial charge in [-0.15, -0.1) is 0 Å². The molecule has 0 amide bonds. The van der Waals surface area contributed by atoms with Gasteiger partial charge in [0.15, 0.2) is 0 Å². The van der Waals surface area contributed by atoms with Crippen LogP contribution >= 0.6 is 11.8 Å². The number of sulfone groups is 1. The van der Waals surface area contributed by atoms with Gasteiger partial charge in [-0.1, -0.05) is 84.6 Å². The number of hydrogen-bond donors (Lipinski definition) is 0. The van der Waals surface area contributed by atoms with E-state index in [0.29, 0.717) is 9.79 Å². The number of para-hydroxylation sites is 4. The van der Waals surface area contributed by atoms with Crippen LogP contribution in [0.1, 0.15) is 0 Å². The highest BCUT2D eigenvalue weighted by atomic mass is 32.2. The third-order valence-electron chi connectivity index (χ3n) is 8.33. The summed E-state index contributed by atoms with van der Waals surface area (Å²) in [5, 5.41) is 4.69. The van der Waals surface area contributed by atoms with Crippen molar-refractivity contribution in [1.82, 2.24) is 9.13 Å². The number of hydrogen-bond acceptors (Lipinski definition) is 3. The third-order valence-corrected chi connectivity index (χ3v) is 11.6. The molecule has 0 saturated heterocycles. The molecule has 4 nitrogen and oxygen atoms in total.